The van der Waals surface area contributed by atoms with Gasteiger partial charge in [0.15, 0.2) is 5.82 Å². The lowest BCUT2D eigenvalue weighted by atomic mass is 10.2. The molecule has 1 atom stereocenters. The van der Waals surface area contributed by atoms with Gasteiger partial charge in [0.25, 0.3) is 0 Å². The summed E-state index contributed by atoms with van der Waals surface area (Å²) in [7, 11) is 1.84. The summed E-state index contributed by atoms with van der Waals surface area (Å²) in [6, 6.07) is 7.54. The van der Waals surface area contributed by atoms with Crippen molar-refractivity contribution in [3.05, 3.63) is 52.5 Å². The Morgan fingerprint density at radius 3 is 2.95 bits per heavy atom. The second kappa shape index (κ2) is 6.47. The highest BCUT2D eigenvalue weighted by atomic mass is 79.9. The molecule has 0 unspecified atom stereocenters. The number of rotatable bonds is 4. The molecule has 0 aliphatic heterocycles. The van der Waals surface area contributed by atoms with Crippen molar-refractivity contribution < 1.29 is 4.79 Å². The normalized spacial score (nSPS) is 12.6. The molecule has 2 rings (SSSR count). The summed E-state index contributed by atoms with van der Waals surface area (Å²) in [5, 5.41) is 10.6. The van der Waals surface area contributed by atoms with Crippen LogP contribution in [0, 0.1) is 0 Å². The van der Waals surface area contributed by atoms with E-state index in [2.05, 4.69) is 31.4 Å². The van der Waals surface area contributed by atoms with Gasteiger partial charge in [-0.1, -0.05) is 28.1 Å². The third kappa shape index (κ3) is 3.77. The number of halogens is 1. The molecule has 1 heterocycles. The van der Waals surface area contributed by atoms with Gasteiger partial charge < -0.3 is 9.88 Å². The quantitative estimate of drug-likeness (QED) is 0.874. The maximum Gasteiger partial charge on any atom is 0.244 e. The number of nitrogens with one attached hydrogen (secondary N) is 1. The lowest BCUT2D eigenvalue weighted by Gasteiger charge is -2.11. The summed E-state index contributed by atoms with van der Waals surface area (Å²) >= 11 is 3.39. The highest BCUT2D eigenvalue weighted by Gasteiger charge is 2.12. The molecule has 0 saturated carbocycles. The molecule has 1 aromatic carbocycles. The van der Waals surface area contributed by atoms with Gasteiger partial charge in [-0.3, -0.25) is 4.79 Å². The van der Waals surface area contributed by atoms with Crippen molar-refractivity contribution >= 4 is 27.9 Å². The van der Waals surface area contributed by atoms with Gasteiger partial charge in [0.05, 0.1) is 6.04 Å². The number of aryl methyl sites for hydroxylation is 1. The maximum absolute atomic E-state index is 11.9. The lowest BCUT2D eigenvalue weighted by Crippen LogP contribution is -2.26. The summed E-state index contributed by atoms with van der Waals surface area (Å²) in [4.78, 5) is 11.9. The third-order valence-corrected chi connectivity index (χ3v) is 3.26. The SMILES string of the molecule is C[C@@H](NC(=O)/C=C/c1cccc(Br)c1)c1nncn1C. The van der Waals surface area contributed by atoms with E-state index >= 15 is 0 Å². The fraction of sp³-hybridized carbons (Fsp3) is 0.214. The molecule has 0 bridgehead atoms. The van der Waals surface area contributed by atoms with Gasteiger partial charge in [0.1, 0.15) is 6.33 Å². The maximum atomic E-state index is 11.9. The monoisotopic (exact) mass is 334 g/mol. The molecule has 1 N–H and O–H groups in total. The number of amides is 1. The molecule has 0 saturated heterocycles. The number of carbonyl (C=O) groups excluding carboxylic acids is 1. The molecule has 0 aliphatic carbocycles. The molecule has 5 nitrogen and oxygen atoms in total. The molecule has 1 aromatic heterocycles. The summed E-state index contributed by atoms with van der Waals surface area (Å²) in [5.74, 6) is 0.551. The molecule has 0 aliphatic rings. The molecule has 0 radical (unpaired) electrons. The largest absolute Gasteiger partial charge is 0.343 e. The Bertz CT molecular complexity index is 636. The molecule has 6 heteroatoms. The molecule has 0 spiro atoms. The molecule has 104 valence electrons. The van der Waals surface area contributed by atoms with Gasteiger partial charge in [-0.15, -0.1) is 10.2 Å². The number of carbonyl (C=O) groups is 1. The van der Waals surface area contributed by atoms with Gasteiger partial charge >= 0.3 is 0 Å². The van der Waals surface area contributed by atoms with E-state index in [-0.39, 0.29) is 11.9 Å². The van der Waals surface area contributed by atoms with Crippen LogP contribution in [-0.2, 0) is 11.8 Å². The smallest absolute Gasteiger partial charge is 0.244 e. The topological polar surface area (TPSA) is 59.8 Å². The second-order valence-corrected chi connectivity index (χ2v) is 5.33. The van der Waals surface area contributed by atoms with Crippen LogP contribution in [0.3, 0.4) is 0 Å². The first-order valence-electron chi connectivity index (χ1n) is 6.14. The van der Waals surface area contributed by atoms with E-state index in [0.717, 1.165) is 10.0 Å². The zero-order valence-electron chi connectivity index (χ0n) is 11.2. The molecule has 0 fully saturated rings. The van der Waals surface area contributed by atoms with Gasteiger partial charge in [0, 0.05) is 17.6 Å². The molecular weight excluding hydrogens is 320 g/mol. The Morgan fingerprint density at radius 1 is 1.50 bits per heavy atom. The summed E-state index contributed by atoms with van der Waals surface area (Å²) in [6.45, 7) is 1.87. The summed E-state index contributed by atoms with van der Waals surface area (Å²) < 4.78 is 2.76. The van der Waals surface area contributed by atoms with Crippen molar-refractivity contribution in [2.24, 2.45) is 7.05 Å². The number of hydrogen-bond donors (Lipinski definition) is 1. The minimum Gasteiger partial charge on any atom is -0.343 e. The van der Waals surface area contributed by atoms with E-state index in [0.29, 0.717) is 5.82 Å². The Hall–Kier alpha value is -1.95. The van der Waals surface area contributed by atoms with Crippen LogP contribution in [0.15, 0.2) is 41.1 Å². The van der Waals surface area contributed by atoms with Crippen LogP contribution in [0.25, 0.3) is 6.08 Å². The van der Waals surface area contributed by atoms with E-state index in [1.165, 1.54) is 6.08 Å². The number of benzene rings is 1. The Balaban J connectivity index is 1.97. The van der Waals surface area contributed by atoms with Crippen molar-refractivity contribution in [1.82, 2.24) is 20.1 Å². The Morgan fingerprint density at radius 2 is 2.30 bits per heavy atom. The van der Waals surface area contributed by atoms with E-state index in [4.69, 9.17) is 0 Å². The van der Waals surface area contributed by atoms with Crippen LogP contribution in [0.4, 0.5) is 0 Å². The van der Waals surface area contributed by atoms with Gasteiger partial charge in [-0.05, 0) is 30.7 Å². The number of aromatic nitrogens is 3. The Labute approximate surface area is 125 Å². The van der Waals surface area contributed by atoms with E-state index in [1.54, 1.807) is 17.0 Å². The van der Waals surface area contributed by atoms with E-state index in [1.807, 2.05) is 38.2 Å². The predicted octanol–water partition coefficient (Wildman–Crippen LogP) is 2.47. The molecule has 1 amide bonds. The van der Waals surface area contributed by atoms with Crippen LogP contribution in [0.2, 0.25) is 0 Å². The van der Waals surface area contributed by atoms with Crippen LogP contribution in [-0.4, -0.2) is 20.7 Å². The molecule has 2 aromatic rings. The zero-order chi connectivity index (χ0) is 14.5. The van der Waals surface area contributed by atoms with Crippen molar-refractivity contribution in [1.29, 1.82) is 0 Å². The van der Waals surface area contributed by atoms with Gasteiger partial charge in [0.2, 0.25) is 5.91 Å². The van der Waals surface area contributed by atoms with Crippen LogP contribution >= 0.6 is 15.9 Å². The molecule has 20 heavy (non-hydrogen) atoms. The predicted molar refractivity (Wildman–Crippen MR) is 80.7 cm³/mol. The van der Waals surface area contributed by atoms with E-state index < -0.39 is 0 Å². The highest BCUT2D eigenvalue weighted by molar-refractivity contribution is 9.10. The average molecular weight is 335 g/mol. The fourth-order valence-electron chi connectivity index (χ4n) is 1.79. The highest BCUT2D eigenvalue weighted by Crippen LogP contribution is 2.13. The number of nitrogens with zero attached hydrogens (tertiary/aromatic N) is 3. The third-order valence-electron chi connectivity index (χ3n) is 2.77. The second-order valence-electron chi connectivity index (χ2n) is 4.42. The van der Waals surface area contributed by atoms with Gasteiger partial charge in [-0.25, -0.2) is 0 Å². The van der Waals surface area contributed by atoms with Crippen molar-refractivity contribution in [3.8, 4) is 0 Å². The van der Waals surface area contributed by atoms with E-state index in [9.17, 15) is 4.79 Å². The first-order chi connectivity index (χ1) is 9.56. The average Bonchev–Trinajstić information content (AvgIpc) is 2.83. The minimum atomic E-state index is -0.192. The first-order valence-corrected chi connectivity index (χ1v) is 6.93. The standard InChI is InChI=1S/C14H15BrN4O/c1-10(14-18-16-9-19(14)2)17-13(20)7-6-11-4-3-5-12(15)8-11/h3-10H,1-2H3,(H,17,20)/b7-6+/t10-/m1/s1. The van der Waals surface area contributed by atoms with Crippen molar-refractivity contribution in [2.75, 3.05) is 0 Å². The van der Waals surface area contributed by atoms with Crippen LogP contribution < -0.4 is 5.32 Å². The fourth-order valence-corrected chi connectivity index (χ4v) is 2.21. The first kappa shape index (κ1) is 14.5. The minimum absolute atomic E-state index is 0.166. The summed E-state index contributed by atoms with van der Waals surface area (Å²) in [6.07, 6.45) is 4.88. The van der Waals surface area contributed by atoms with Gasteiger partial charge in [-0.2, -0.15) is 0 Å². The number of hydrogen-bond acceptors (Lipinski definition) is 3. The van der Waals surface area contributed by atoms with Crippen molar-refractivity contribution in [2.45, 2.75) is 13.0 Å². The van der Waals surface area contributed by atoms with Crippen LogP contribution in [0.5, 0.6) is 0 Å². The van der Waals surface area contributed by atoms with Crippen molar-refractivity contribution in [3.63, 3.8) is 0 Å². The lowest BCUT2D eigenvalue weighted by molar-refractivity contribution is -0.117. The summed E-state index contributed by atoms with van der Waals surface area (Å²) in [5.41, 5.74) is 0.959. The Kier molecular flexibility index (Phi) is 4.68. The zero-order valence-corrected chi connectivity index (χ0v) is 12.8. The molecular formula is C14H15BrN4O. The van der Waals surface area contributed by atoms with Crippen LogP contribution in [0.1, 0.15) is 24.4 Å².